The molecule has 1 aromatic rings. The van der Waals surface area contributed by atoms with E-state index in [9.17, 15) is 9.59 Å². The number of anilines is 1. The molecular formula is C14H15BrN2O2. The van der Waals surface area contributed by atoms with E-state index in [-0.39, 0.29) is 11.8 Å². The third-order valence-corrected chi connectivity index (χ3v) is 4.11. The maximum Gasteiger partial charge on any atom is 0.240 e. The molecule has 1 aromatic carbocycles. The third kappa shape index (κ3) is 2.66. The Morgan fingerprint density at radius 3 is 2.53 bits per heavy atom. The maximum atomic E-state index is 12.3. The second kappa shape index (κ2) is 4.63. The molecule has 3 rings (SSSR count). The molecule has 19 heavy (non-hydrogen) atoms. The largest absolute Gasteiger partial charge is 0.352 e. The standard InChI is InChI=1S/C14H15BrN2O2/c15-9-2-1-3-11(8-9)17-13(19)14(6-7-14)12(18)16-10-4-5-10/h1-3,8,10H,4-7H2,(H,16,18)(H,17,19). The van der Waals surface area contributed by atoms with Crippen LogP contribution in [0.4, 0.5) is 5.69 Å². The Bertz CT molecular complexity index is 536. The van der Waals surface area contributed by atoms with Crippen LogP contribution >= 0.6 is 15.9 Å². The van der Waals surface area contributed by atoms with Gasteiger partial charge in [0.25, 0.3) is 0 Å². The van der Waals surface area contributed by atoms with Crippen LogP contribution in [0.2, 0.25) is 0 Å². The molecule has 5 heteroatoms. The lowest BCUT2D eigenvalue weighted by atomic mass is 10.0. The van der Waals surface area contributed by atoms with E-state index in [4.69, 9.17) is 0 Å². The molecule has 2 aliphatic carbocycles. The van der Waals surface area contributed by atoms with Gasteiger partial charge in [0.2, 0.25) is 11.8 Å². The Labute approximate surface area is 120 Å². The van der Waals surface area contributed by atoms with E-state index in [1.807, 2.05) is 24.3 Å². The third-order valence-electron chi connectivity index (χ3n) is 3.61. The normalized spacial score (nSPS) is 19.6. The molecule has 0 spiro atoms. The molecule has 0 bridgehead atoms. The molecule has 0 heterocycles. The molecule has 0 radical (unpaired) electrons. The number of rotatable bonds is 4. The highest BCUT2D eigenvalue weighted by atomic mass is 79.9. The summed E-state index contributed by atoms with van der Waals surface area (Å²) in [6.45, 7) is 0. The molecular weight excluding hydrogens is 308 g/mol. The van der Waals surface area contributed by atoms with Crippen molar-refractivity contribution in [2.24, 2.45) is 5.41 Å². The van der Waals surface area contributed by atoms with E-state index < -0.39 is 5.41 Å². The summed E-state index contributed by atoms with van der Waals surface area (Å²) in [5.41, 5.74) is -0.116. The Kier molecular flexibility index (Phi) is 3.09. The van der Waals surface area contributed by atoms with Gasteiger partial charge >= 0.3 is 0 Å². The number of benzene rings is 1. The van der Waals surface area contributed by atoms with Crippen molar-refractivity contribution in [3.63, 3.8) is 0 Å². The molecule has 2 fully saturated rings. The molecule has 0 aliphatic heterocycles. The van der Waals surface area contributed by atoms with Crippen molar-refractivity contribution >= 4 is 33.4 Å². The molecule has 2 N–H and O–H groups in total. The van der Waals surface area contributed by atoms with Gasteiger partial charge in [-0.25, -0.2) is 0 Å². The average molecular weight is 323 g/mol. The lowest BCUT2D eigenvalue weighted by molar-refractivity contribution is -0.134. The number of carbonyl (C=O) groups excluding carboxylic acids is 2. The van der Waals surface area contributed by atoms with Crippen molar-refractivity contribution in [1.29, 1.82) is 0 Å². The van der Waals surface area contributed by atoms with Crippen LogP contribution in [0.1, 0.15) is 25.7 Å². The van der Waals surface area contributed by atoms with Crippen LogP contribution in [0.3, 0.4) is 0 Å². The zero-order valence-corrected chi connectivity index (χ0v) is 12.0. The van der Waals surface area contributed by atoms with Crippen molar-refractivity contribution < 1.29 is 9.59 Å². The van der Waals surface area contributed by atoms with Crippen molar-refractivity contribution in [3.05, 3.63) is 28.7 Å². The fourth-order valence-corrected chi connectivity index (χ4v) is 2.45. The lowest BCUT2D eigenvalue weighted by Gasteiger charge is -2.15. The SMILES string of the molecule is O=C(Nc1cccc(Br)c1)C1(C(=O)NC2CC2)CC1. The minimum Gasteiger partial charge on any atom is -0.352 e. The van der Waals surface area contributed by atoms with E-state index in [1.165, 1.54) is 0 Å². The van der Waals surface area contributed by atoms with Gasteiger partial charge in [-0.3, -0.25) is 9.59 Å². The molecule has 2 aliphatic rings. The predicted octanol–water partition coefficient (Wildman–Crippen LogP) is 2.45. The van der Waals surface area contributed by atoms with Gasteiger partial charge in [0.15, 0.2) is 0 Å². The molecule has 0 unspecified atom stereocenters. The summed E-state index contributed by atoms with van der Waals surface area (Å²) in [4.78, 5) is 24.4. The van der Waals surface area contributed by atoms with Crippen LogP contribution in [-0.2, 0) is 9.59 Å². The van der Waals surface area contributed by atoms with E-state index >= 15 is 0 Å². The molecule has 0 aromatic heterocycles. The van der Waals surface area contributed by atoms with Gasteiger partial charge in [-0.1, -0.05) is 22.0 Å². The van der Waals surface area contributed by atoms with Gasteiger partial charge in [-0.05, 0) is 43.9 Å². The first kappa shape index (κ1) is 12.7. The van der Waals surface area contributed by atoms with Crippen LogP contribution in [-0.4, -0.2) is 17.9 Å². The summed E-state index contributed by atoms with van der Waals surface area (Å²) in [5, 5.41) is 5.76. The fourth-order valence-electron chi connectivity index (χ4n) is 2.05. The highest BCUT2D eigenvalue weighted by Gasteiger charge is 2.57. The van der Waals surface area contributed by atoms with Gasteiger partial charge in [0, 0.05) is 16.2 Å². The Morgan fingerprint density at radius 1 is 1.21 bits per heavy atom. The summed E-state index contributed by atoms with van der Waals surface area (Å²) in [7, 11) is 0. The molecule has 0 saturated heterocycles. The molecule has 2 saturated carbocycles. The number of nitrogens with one attached hydrogen (secondary N) is 2. The van der Waals surface area contributed by atoms with Crippen molar-refractivity contribution in [2.45, 2.75) is 31.7 Å². The van der Waals surface area contributed by atoms with E-state index in [1.54, 1.807) is 0 Å². The second-order valence-electron chi connectivity index (χ2n) is 5.29. The first-order valence-electron chi connectivity index (χ1n) is 6.48. The maximum absolute atomic E-state index is 12.3. The highest BCUT2D eigenvalue weighted by Crippen LogP contribution is 2.47. The summed E-state index contributed by atoms with van der Waals surface area (Å²) in [6, 6.07) is 7.68. The molecule has 0 atom stereocenters. The first-order valence-corrected chi connectivity index (χ1v) is 7.27. The van der Waals surface area contributed by atoms with Crippen LogP contribution in [0, 0.1) is 5.41 Å². The van der Waals surface area contributed by atoms with Gasteiger partial charge < -0.3 is 10.6 Å². The van der Waals surface area contributed by atoms with E-state index in [0.717, 1.165) is 17.3 Å². The predicted molar refractivity (Wildman–Crippen MR) is 75.6 cm³/mol. The van der Waals surface area contributed by atoms with Crippen molar-refractivity contribution in [3.8, 4) is 0 Å². The van der Waals surface area contributed by atoms with Gasteiger partial charge in [-0.15, -0.1) is 0 Å². The number of amides is 2. The summed E-state index contributed by atoms with van der Waals surface area (Å²) in [6.07, 6.45) is 3.36. The Morgan fingerprint density at radius 2 is 1.95 bits per heavy atom. The topological polar surface area (TPSA) is 58.2 Å². The Hall–Kier alpha value is -1.36. The summed E-state index contributed by atoms with van der Waals surface area (Å²) < 4.78 is 0.901. The van der Waals surface area contributed by atoms with Gasteiger partial charge in [0.05, 0.1) is 0 Å². The zero-order chi connectivity index (χ0) is 13.5. The molecule has 2 amide bonds. The van der Waals surface area contributed by atoms with Gasteiger partial charge in [-0.2, -0.15) is 0 Å². The fraction of sp³-hybridized carbons (Fsp3) is 0.429. The average Bonchev–Trinajstić information content (AvgIpc) is 3.24. The smallest absolute Gasteiger partial charge is 0.240 e. The lowest BCUT2D eigenvalue weighted by Crippen LogP contribution is -2.40. The Balaban J connectivity index is 1.67. The number of halogens is 1. The van der Waals surface area contributed by atoms with Gasteiger partial charge in [0.1, 0.15) is 5.41 Å². The van der Waals surface area contributed by atoms with Crippen LogP contribution < -0.4 is 10.6 Å². The van der Waals surface area contributed by atoms with E-state index in [0.29, 0.717) is 24.6 Å². The van der Waals surface area contributed by atoms with Crippen LogP contribution in [0.15, 0.2) is 28.7 Å². The molecule has 100 valence electrons. The summed E-state index contributed by atoms with van der Waals surface area (Å²) in [5.74, 6) is -0.300. The minimum absolute atomic E-state index is 0.109. The number of hydrogen-bond donors (Lipinski definition) is 2. The number of carbonyl (C=O) groups is 2. The summed E-state index contributed by atoms with van der Waals surface area (Å²) >= 11 is 3.36. The van der Waals surface area contributed by atoms with E-state index in [2.05, 4.69) is 26.6 Å². The first-order chi connectivity index (χ1) is 9.10. The molecule has 4 nitrogen and oxygen atoms in total. The number of hydrogen-bond acceptors (Lipinski definition) is 2. The van der Waals surface area contributed by atoms with Crippen molar-refractivity contribution in [2.75, 3.05) is 5.32 Å². The quantitative estimate of drug-likeness (QED) is 0.836. The van der Waals surface area contributed by atoms with Crippen LogP contribution in [0.5, 0.6) is 0 Å². The van der Waals surface area contributed by atoms with Crippen LogP contribution in [0.25, 0.3) is 0 Å². The highest BCUT2D eigenvalue weighted by molar-refractivity contribution is 9.10. The van der Waals surface area contributed by atoms with Crippen molar-refractivity contribution in [1.82, 2.24) is 5.32 Å². The minimum atomic E-state index is -0.828. The monoisotopic (exact) mass is 322 g/mol. The zero-order valence-electron chi connectivity index (χ0n) is 10.4. The second-order valence-corrected chi connectivity index (χ2v) is 6.21.